The van der Waals surface area contributed by atoms with Gasteiger partial charge in [0.25, 0.3) is 5.91 Å². The zero-order chi connectivity index (χ0) is 18.7. The average Bonchev–Trinajstić information content (AvgIpc) is 2.96. The summed E-state index contributed by atoms with van der Waals surface area (Å²) >= 11 is 0. The second kappa shape index (κ2) is 7.30. The molecule has 0 bridgehead atoms. The molecule has 0 aliphatic carbocycles. The summed E-state index contributed by atoms with van der Waals surface area (Å²) in [5.41, 5.74) is 1.50. The van der Waals surface area contributed by atoms with E-state index in [1.54, 1.807) is 13.0 Å². The van der Waals surface area contributed by atoms with Crippen LogP contribution in [0.15, 0.2) is 54.6 Å². The fourth-order valence-corrected chi connectivity index (χ4v) is 2.34. The summed E-state index contributed by atoms with van der Waals surface area (Å²) in [4.78, 5) is 12.4. The van der Waals surface area contributed by atoms with Crippen LogP contribution in [0.25, 0.3) is 5.69 Å². The largest absolute Gasteiger partial charge is 0.435 e. The smallest absolute Gasteiger partial charge is 0.387 e. The zero-order valence-electron chi connectivity index (χ0n) is 13.6. The average molecular weight is 361 g/mol. The second-order valence-corrected chi connectivity index (χ2v) is 5.42. The van der Waals surface area contributed by atoms with Gasteiger partial charge < -0.3 is 10.1 Å². The lowest BCUT2D eigenvalue weighted by Gasteiger charge is -2.09. The maximum absolute atomic E-state index is 13.1. The van der Waals surface area contributed by atoms with Crippen molar-refractivity contribution < 1.29 is 22.7 Å². The Morgan fingerprint density at radius 1 is 1.12 bits per heavy atom. The Balaban J connectivity index is 1.80. The summed E-state index contributed by atoms with van der Waals surface area (Å²) in [6.07, 6.45) is 0. The van der Waals surface area contributed by atoms with Crippen molar-refractivity contribution in [2.24, 2.45) is 0 Å². The number of carbonyl (C=O) groups is 1. The fraction of sp³-hybridized carbons (Fsp3) is 0.111. The molecule has 3 rings (SSSR count). The number of nitrogens with zero attached hydrogens (tertiary/aromatic N) is 2. The molecule has 8 heteroatoms. The Labute approximate surface area is 147 Å². The molecular weight excluding hydrogens is 347 g/mol. The Bertz CT molecular complexity index is 906. The molecule has 26 heavy (non-hydrogen) atoms. The number of hydrogen-bond acceptors (Lipinski definition) is 3. The van der Waals surface area contributed by atoms with Gasteiger partial charge in [-0.2, -0.15) is 13.9 Å². The fourth-order valence-electron chi connectivity index (χ4n) is 2.34. The monoisotopic (exact) mass is 361 g/mol. The lowest BCUT2D eigenvalue weighted by atomic mass is 10.2. The number of halogens is 3. The van der Waals surface area contributed by atoms with E-state index in [4.69, 9.17) is 0 Å². The van der Waals surface area contributed by atoms with E-state index in [0.717, 1.165) is 0 Å². The van der Waals surface area contributed by atoms with Crippen LogP contribution in [-0.4, -0.2) is 22.3 Å². The molecule has 0 unspecified atom stereocenters. The lowest BCUT2D eigenvalue weighted by molar-refractivity contribution is -0.0498. The molecule has 0 aliphatic heterocycles. The summed E-state index contributed by atoms with van der Waals surface area (Å²) in [7, 11) is 0. The van der Waals surface area contributed by atoms with Crippen LogP contribution in [-0.2, 0) is 0 Å². The normalized spacial score (nSPS) is 10.8. The van der Waals surface area contributed by atoms with Gasteiger partial charge in [-0.05, 0) is 55.5 Å². The van der Waals surface area contributed by atoms with E-state index in [1.807, 2.05) is 0 Å². The van der Waals surface area contributed by atoms with Gasteiger partial charge in [0.2, 0.25) is 0 Å². The molecule has 0 aliphatic rings. The number of amides is 1. The number of ether oxygens (including phenoxy) is 1. The van der Waals surface area contributed by atoms with E-state index >= 15 is 0 Å². The number of hydrogen-bond donors (Lipinski definition) is 1. The number of aryl methyl sites for hydroxylation is 1. The van der Waals surface area contributed by atoms with Crippen molar-refractivity contribution in [2.75, 3.05) is 5.32 Å². The highest BCUT2D eigenvalue weighted by Gasteiger charge is 2.13. The second-order valence-electron chi connectivity index (χ2n) is 5.42. The van der Waals surface area contributed by atoms with Crippen LogP contribution in [0.1, 0.15) is 16.1 Å². The lowest BCUT2D eigenvalue weighted by Crippen LogP contribution is -2.15. The molecule has 0 radical (unpaired) electrons. The van der Waals surface area contributed by atoms with E-state index in [0.29, 0.717) is 17.2 Å². The van der Waals surface area contributed by atoms with Crippen LogP contribution in [0.4, 0.5) is 19.0 Å². The van der Waals surface area contributed by atoms with E-state index in [-0.39, 0.29) is 17.1 Å². The first kappa shape index (κ1) is 17.5. The van der Waals surface area contributed by atoms with Gasteiger partial charge in [0.1, 0.15) is 17.4 Å². The Kier molecular flexibility index (Phi) is 4.92. The van der Waals surface area contributed by atoms with E-state index in [2.05, 4.69) is 15.2 Å². The first-order valence-electron chi connectivity index (χ1n) is 7.61. The van der Waals surface area contributed by atoms with Gasteiger partial charge in [-0.3, -0.25) is 4.79 Å². The number of anilines is 1. The number of benzene rings is 2. The van der Waals surface area contributed by atoms with E-state index in [9.17, 15) is 18.0 Å². The summed E-state index contributed by atoms with van der Waals surface area (Å²) in [5.74, 6) is -0.470. The highest BCUT2D eigenvalue weighted by Crippen LogP contribution is 2.20. The molecule has 1 heterocycles. The van der Waals surface area contributed by atoms with Gasteiger partial charge in [0, 0.05) is 11.6 Å². The number of nitrogens with one attached hydrogen (secondary N) is 1. The van der Waals surface area contributed by atoms with Crippen LogP contribution in [0.5, 0.6) is 5.75 Å². The molecule has 0 saturated carbocycles. The van der Waals surface area contributed by atoms with Gasteiger partial charge in [0.05, 0.1) is 11.4 Å². The maximum Gasteiger partial charge on any atom is 0.387 e. The third kappa shape index (κ3) is 4.02. The Morgan fingerprint density at radius 3 is 2.38 bits per heavy atom. The van der Waals surface area contributed by atoms with Crippen LogP contribution >= 0.6 is 0 Å². The quantitative estimate of drug-likeness (QED) is 0.742. The predicted octanol–water partition coefficient (Wildman–Crippen LogP) is 4.17. The molecule has 1 aromatic heterocycles. The predicted molar refractivity (Wildman–Crippen MR) is 89.3 cm³/mol. The molecule has 134 valence electrons. The molecule has 0 fully saturated rings. The molecule has 0 saturated heterocycles. The van der Waals surface area contributed by atoms with Crippen molar-refractivity contribution in [1.82, 2.24) is 9.78 Å². The number of aromatic nitrogens is 2. The van der Waals surface area contributed by atoms with Gasteiger partial charge >= 0.3 is 6.61 Å². The number of carbonyl (C=O) groups excluding carboxylic acids is 1. The highest BCUT2D eigenvalue weighted by atomic mass is 19.3. The van der Waals surface area contributed by atoms with Crippen LogP contribution in [0.3, 0.4) is 0 Å². The molecule has 5 nitrogen and oxygen atoms in total. The minimum atomic E-state index is -2.93. The van der Waals surface area contributed by atoms with E-state index < -0.39 is 12.5 Å². The van der Waals surface area contributed by atoms with Crippen molar-refractivity contribution in [3.63, 3.8) is 0 Å². The van der Waals surface area contributed by atoms with Crippen molar-refractivity contribution in [3.05, 3.63) is 71.7 Å². The molecule has 3 aromatic rings. The highest BCUT2D eigenvalue weighted by molar-refractivity contribution is 6.04. The molecule has 2 aromatic carbocycles. The van der Waals surface area contributed by atoms with Gasteiger partial charge in [0.15, 0.2) is 0 Å². The summed E-state index contributed by atoms with van der Waals surface area (Å²) in [6, 6.07) is 12.6. The minimum absolute atomic E-state index is 0.0382. The van der Waals surface area contributed by atoms with Crippen molar-refractivity contribution in [1.29, 1.82) is 0 Å². The van der Waals surface area contributed by atoms with Gasteiger partial charge in [-0.25, -0.2) is 9.07 Å². The molecule has 0 spiro atoms. The molecule has 0 atom stereocenters. The summed E-state index contributed by atoms with van der Waals surface area (Å²) < 4.78 is 43.1. The number of alkyl halides is 2. The number of rotatable bonds is 5. The molecule has 1 N–H and O–H groups in total. The van der Waals surface area contributed by atoms with Crippen molar-refractivity contribution >= 4 is 11.7 Å². The maximum atomic E-state index is 13.1. The summed E-state index contributed by atoms with van der Waals surface area (Å²) in [6.45, 7) is -1.17. The first-order valence-corrected chi connectivity index (χ1v) is 7.61. The topological polar surface area (TPSA) is 56.1 Å². The van der Waals surface area contributed by atoms with Gasteiger partial charge in [-0.15, -0.1) is 0 Å². The Morgan fingerprint density at radius 2 is 1.77 bits per heavy atom. The van der Waals surface area contributed by atoms with Gasteiger partial charge in [-0.1, -0.05) is 0 Å². The van der Waals surface area contributed by atoms with Crippen LogP contribution in [0, 0.1) is 12.7 Å². The minimum Gasteiger partial charge on any atom is -0.435 e. The van der Waals surface area contributed by atoms with Crippen molar-refractivity contribution in [3.8, 4) is 11.4 Å². The molecule has 1 amide bonds. The third-order valence-electron chi connectivity index (χ3n) is 3.49. The Hall–Kier alpha value is -3.29. The SMILES string of the molecule is Cc1cc(NC(=O)c2ccc(OC(F)F)cc2)n(-c2ccc(F)cc2)n1. The van der Waals surface area contributed by atoms with Crippen molar-refractivity contribution in [2.45, 2.75) is 13.5 Å². The first-order chi connectivity index (χ1) is 12.4. The standard InChI is InChI=1S/C18H14F3N3O2/c1-11-10-16(24(23-11)14-6-4-13(19)5-7-14)22-17(25)12-2-8-15(9-3-12)26-18(20)21/h2-10,18H,1H3,(H,22,25). The summed E-state index contributed by atoms with van der Waals surface area (Å²) in [5, 5.41) is 6.98. The zero-order valence-corrected chi connectivity index (χ0v) is 13.6. The van der Waals surface area contributed by atoms with Crippen LogP contribution < -0.4 is 10.1 Å². The van der Waals surface area contributed by atoms with Crippen LogP contribution in [0.2, 0.25) is 0 Å². The third-order valence-corrected chi connectivity index (χ3v) is 3.49. The molecular formula is C18H14F3N3O2. The van der Waals surface area contributed by atoms with E-state index in [1.165, 1.54) is 53.2 Å².